The van der Waals surface area contributed by atoms with Gasteiger partial charge >= 0.3 is 0 Å². The molecule has 1 aliphatic carbocycles. The number of carbonyl (C=O) groups is 2. The standard InChI is InChI=1S/C27H36N2O3S/c1-20(2)12-15-28(27(31)21-8-6-7-9-21)18-26(30)29-16-13-25-23(14-17-33-25)24(29)19-32-22-10-4-3-5-11-22/h3-5,10-11,14,17,20-21,24H,6-9,12-13,15-16,18-19H2,1-2H3/t24-/m1/s1. The Bertz CT molecular complexity index is 920. The minimum absolute atomic E-state index is 0.0311. The van der Waals surface area contributed by atoms with Gasteiger partial charge in [-0.1, -0.05) is 44.9 Å². The van der Waals surface area contributed by atoms with Gasteiger partial charge in [0.2, 0.25) is 11.8 Å². The van der Waals surface area contributed by atoms with Gasteiger partial charge in [0.1, 0.15) is 12.4 Å². The number of fused-ring (bicyclic) bond motifs is 1. The van der Waals surface area contributed by atoms with E-state index in [-0.39, 0.29) is 30.3 Å². The third-order valence-corrected chi connectivity index (χ3v) is 7.88. The van der Waals surface area contributed by atoms with Crippen LogP contribution in [0.5, 0.6) is 5.75 Å². The molecule has 0 saturated heterocycles. The van der Waals surface area contributed by atoms with Crippen LogP contribution >= 0.6 is 11.3 Å². The average molecular weight is 469 g/mol. The van der Waals surface area contributed by atoms with Gasteiger partial charge in [-0.25, -0.2) is 0 Å². The number of thiophene rings is 1. The van der Waals surface area contributed by atoms with E-state index in [0.29, 0.717) is 25.6 Å². The lowest BCUT2D eigenvalue weighted by Gasteiger charge is -2.37. The highest BCUT2D eigenvalue weighted by Crippen LogP contribution is 2.34. The molecule has 2 amide bonds. The van der Waals surface area contributed by atoms with E-state index < -0.39 is 0 Å². The fraction of sp³-hybridized carbons (Fsp3) is 0.556. The summed E-state index contributed by atoms with van der Waals surface area (Å²) in [6.45, 7) is 6.25. The molecule has 4 rings (SSSR count). The van der Waals surface area contributed by atoms with Gasteiger partial charge in [0.05, 0.1) is 12.6 Å². The number of para-hydroxylation sites is 1. The van der Waals surface area contributed by atoms with Crippen LogP contribution in [0.25, 0.3) is 0 Å². The molecule has 178 valence electrons. The number of rotatable bonds is 9. The first-order valence-electron chi connectivity index (χ1n) is 12.3. The van der Waals surface area contributed by atoms with Crippen LogP contribution in [0.15, 0.2) is 41.8 Å². The highest BCUT2D eigenvalue weighted by molar-refractivity contribution is 7.10. The highest BCUT2D eigenvalue weighted by Gasteiger charge is 2.35. The molecule has 0 unspecified atom stereocenters. The molecule has 33 heavy (non-hydrogen) atoms. The first-order chi connectivity index (χ1) is 16.0. The second-order valence-electron chi connectivity index (χ2n) is 9.70. The molecule has 5 nitrogen and oxygen atoms in total. The smallest absolute Gasteiger partial charge is 0.242 e. The van der Waals surface area contributed by atoms with Crippen LogP contribution in [0.3, 0.4) is 0 Å². The van der Waals surface area contributed by atoms with E-state index >= 15 is 0 Å². The zero-order chi connectivity index (χ0) is 23.2. The van der Waals surface area contributed by atoms with E-state index in [2.05, 4.69) is 25.3 Å². The Labute approximate surface area is 201 Å². The van der Waals surface area contributed by atoms with Crippen molar-refractivity contribution in [1.29, 1.82) is 0 Å². The van der Waals surface area contributed by atoms with Crippen molar-refractivity contribution in [1.82, 2.24) is 9.80 Å². The van der Waals surface area contributed by atoms with E-state index in [0.717, 1.165) is 44.3 Å². The SMILES string of the molecule is CC(C)CCN(CC(=O)N1CCc2sccc2[C@H]1COc1ccccc1)C(=O)C1CCCC1. The van der Waals surface area contributed by atoms with E-state index in [1.807, 2.05) is 40.1 Å². The molecular weight excluding hydrogens is 432 g/mol. The molecular formula is C27H36N2O3S. The predicted molar refractivity (Wildman–Crippen MR) is 132 cm³/mol. The number of hydrogen-bond donors (Lipinski definition) is 0. The summed E-state index contributed by atoms with van der Waals surface area (Å²) in [5.74, 6) is 1.60. The predicted octanol–water partition coefficient (Wildman–Crippen LogP) is 5.32. The molecule has 2 aliphatic rings. The molecule has 1 aromatic carbocycles. The average Bonchev–Trinajstić information content (AvgIpc) is 3.52. The van der Waals surface area contributed by atoms with Gasteiger partial charge in [-0.2, -0.15) is 0 Å². The van der Waals surface area contributed by atoms with Crippen LogP contribution < -0.4 is 4.74 Å². The lowest BCUT2D eigenvalue weighted by Crippen LogP contribution is -2.49. The molecule has 1 saturated carbocycles. The van der Waals surface area contributed by atoms with Crippen LogP contribution in [0.4, 0.5) is 0 Å². The van der Waals surface area contributed by atoms with E-state index in [1.165, 1.54) is 10.4 Å². The summed E-state index contributed by atoms with van der Waals surface area (Å²) in [6, 6.07) is 11.8. The largest absolute Gasteiger partial charge is 0.491 e. The normalized spacial score (nSPS) is 18.4. The third-order valence-electron chi connectivity index (χ3n) is 6.88. The number of nitrogens with zero attached hydrogens (tertiary/aromatic N) is 2. The topological polar surface area (TPSA) is 49.9 Å². The number of hydrogen-bond acceptors (Lipinski definition) is 4. The molecule has 0 bridgehead atoms. The van der Waals surface area contributed by atoms with Gasteiger partial charge in [0, 0.05) is 23.9 Å². The summed E-state index contributed by atoms with van der Waals surface area (Å²) in [5, 5.41) is 2.10. The lowest BCUT2D eigenvalue weighted by molar-refractivity contribution is -0.144. The zero-order valence-electron chi connectivity index (χ0n) is 19.9. The molecule has 1 fully saturated rings. The molecule has 1 atom stereocenters. The second-order valence-corrected chi connectivity index (χ2v) is 10.7. The van der Waals surface area contributed by atoms with Gasteiger partial charge in [0.15, 0.2) is 0 Å². The van der Waals surface area contributed by atoms with Crippen molar-refractivity contribution in [2.45, 2.75) is 58.4 Å². The van der Waals surface area contributed by atoms with Gasteiger partial charge in [0.25, 0.3) is 0 Å². The van der Waals surface area contributed by atoms with Crippen LogP contribution in [-0.4, -0.2) is 47.9 Å². The highest BCUT2D eigenvalue weighted by atomic mass is 32.1. The first-order valence-corrected chi connectivity index (χ1v) is 13.2. The van der Waals surface area contributed by atoms with Crippen LogP contribution in [-0.2, 0) is 16.0 Å². The molecule has 2 aromatic rings. The Morgan fingerprint density at radius 3 is 2.64 bits per heavy atom. The van der Waals surface area contributed by atoms with Crippen molar-refractivity contribution >= 4 is 23.2 Å². The molecule has 2 heterocycles. The Balaban J connectivity index is 1.48. The fourth-order valence-electron chi connectivity index (χ4n) is 4.93. The molecule has 6 heteroatoms. The summed E-state index contributed by atoms with van der Waals surface area (Å²) in [6.07, 6.45) is 5.94. The third kappa shape index (κ3) is 5.97. The summed E-state index contributed by atoms with van der Waals surface area (Å²) in [4.78, 5) is 32.0. The maximum absolute atomic E-state index is 13.6. The minimum atomic E-state index is -0.124. The van der Waals surface area contributed by atoms with Gasteiger partial charge in [-0.15, -0.1) is 11.3 Å². The van der Waals surface area contributed by atoms with Crippen molar-refractivity contribution in [3.63, 3.8) is 0 Å². The van der Waals surface area contributed by atoms with Crippen molar-refractivity contribution in [2.75, 3.05) is 26.2 Å². The van der Waals surface area contributed by atoms with Gasteiger partial charge < -0.3 is 14.5 Å². The maximum atomic E-state index is 13.6. The van der Waals surface area contributed by atoms with Crippen molar-refractivity contribution < 1.29 is 14.3 Å². The van der Waals surface area contributed by atoms with Gasteiger partial charge in [-0.3, -0.25) is 9.59 Å². The van der Waals surface area contributed by atoms with Crippen LogP contribution in [0.2, 0.25) is 0 Å². The lowest BCUT2D eigenvalue weighted by atomic mass is 10.00. The minimum Gasteiger partial charge on any atom is -0.491 e. The number of amides is 2. The summed E-state index contributed by atoms with van der Waals surface area (Å²) >= 11 is 1.75. The van der Waals surface area contributed by atoms with Crippen LogP contribution in [0.1, 0.15) is 62.4 Å². The quantitative estimate of drug-likeness (QED) is 0.501. The Hall–Kier alpha value is -2.34. The van der Waals surface area contributed by atoms with Crippen molar-refractivity contribution in [3.05, 3.63) is 52.2 Å². The molecule has 0 spiro atoms. The van der Waals surface area contributed by atoms with Gasteiger partial charge in [-0.05, 0) is 60.7 Å². The van der Waals surface area contributed by atoms with E-state index in [9.17, 15) is 9.59 Å². The summed E-state index contributed by atoms with van der Waals surface area (Å²) in [5.41, 5.74) is 1.19. The molecule has 0 N–H and O–H groups in total. The Morgan fingerprint density at radius 2 is 1.91 bits per heavy atom. The maximum Gasteiger partial charge on any atom is 0.242 e. The van der Waals surface area contributed by atoms with Crippen molar-refractivity contribution in [2.24, 2.45) is 11.8 Å². The van der Waals surface area contributed by atoms with Crippen LogP contribution in [0, 0.1) is 11.8 Å². The first kappa shape index (κ1) is 23.8. The number of benzene rings is 1. The molecule has 0 radical (unpaired) electrons. The monoisotopic (exact) mass is 468 g/mol. The van der Waals surface area contributed by atoms with E-state index in [4.69, 9.17) is 4.74 Å². The summed E-state index contributed by atoms with van der Waals surface area (Å²) in [7, 11) is 0. The van der Waals surface area contributed by atoms with Crippen molar-refractivity contribution in [3.8, 4) is 5.75 Å². The zero-order valence-corrected chi connectivity index (χ0v) is 20.7. The Kier molecular flexibility index (Phi) is 8.07. The number of carbonyl (C=O) groups excluding carboxylic acids is 2. The second kappa shape index (κ2) is 11.2. The molecule has 1 aromatic heterocycles. The summed E-state index contributed by atoms with van der Waals surface area (Å²) < 4.78 is 6.10. The fourth-order valence-corrected chi connectivity index (χ4v) is 5.86. The Morgan fingerprint density at radius 1 is 1.15 bits per heavy atom. The number of ether oxygens (including phenoxy) is 1. The molecule has 1 aliphatic heterocycles. The van der Waals surface area contributed by atoms with E-state index in [1.54, 1.807) is 11.3 Å².